The molecule has 19 heavy (non-hydrogen) atoms. The van der Waals surface area contributed by atoms with Gasteiger partial charge in [0.15, 0.2) is 11.4 Å². The summed E-state index contributed by atoms with van der Waals surface area (Å²) in [4.78, 5) is 3.74. The maximum atomic E-state index is 13.4. The lowest BCUT2D eigenvalue weighted by Gasteiger charge is -2.29. The number of rotatable bonds is 5. The summed E-state index contributed by atoms with van der Waals surface area (Å²) in [5.74, 6) is -0.787. The van der Waals surface area contributed by atoms with Gasteiger partial charge in [0.1, 0.15) is 18.5 Å². The van der Waals surface area contributed by atoms with Crippen LogP contribution in [0.2, 0.25) is 0 Å². The van der Waals surface area contributed by atoms with Crippen molar-refractivity contribution in [2.24, 2.45) is 0 Å². The normalized spacial score (nSPS) is 15.8. The molecule has 0 radical (unpaired) electrons. The van der Waals surface area contributed by atoms with Gasteiger partial charge in [-0.2, -0.15) is 0 Å². The molecule has 0 aliphatic carbocycles. The van der Waals surface area contributed by atoms with Crippen molar-refractivity contribution >= 4 is 11.6 Å². The van der Waals surface area contributed by atoms with Gasteiger partial charge in [-0.1, -0.05) is 11.6 Å². The van der Waals surface area contributed by atoms with E-state index in [4.69, 9.17) is 16.3 Å². The average molecular weight is 288 g/mol. The third-order valence-corrected chi connectivity index (χ3v) is 3.08. The van der Waals surface area contributed by atoms with Crippen molar-refractivity contribution in [3.8, 4) is 5.88 Å². The minimum absolute atomic E-state index is 0.156. The molecule has 0 aromatic carbocycles. The Hall–Kier alpha value is -1.80. The molecule has 2 unspecified atom stereocenters. The largest absolute Gasteiger partial charge is 0.473 e. The van der Waals surface area contributed by atoms with Crippen LogP contribution < -0.4 is 4.74 Å². The maximum absolute atomic E-state index is 13.4. The molecule has 2 heterocycles. The zero-order chi connectivity index (χ0) is 13.9. The summed E-state index contributed by atoms with van der Waals surface area (Å²) in [7, 11) is 0. The number of aliphatic hydroxyl groups is 1. The second-order valence-corrected chi connectivity index (χ2v) is 4.44. The van der Waals surface area contributed by atoms with Gasteiger partial charge in [0, 0.05) is 6.20 Å². The number of aromatic nitrogens is 5. The van der Waals surface area contributed by atoms with Crippen LogP contribution in [0.15, 0.2) is 24.7 Å². The lowest BCUT2D eigenvalue weighted by molar-refractivity contribution is 0.0481. The second kappa shape index (κ2) is 5.45. The molecule has 9 heteroatoms. The highest BCUT2D eigenvalue weighted by Crippen LogP contribution is 2.24. The molecule has 0 bridgehead atoms. The highest BCUT2D eigenvalue weighted by atomic mass is 35.5. The van der Waals surface area contributed by atoms with E-state index in [2.05, 4.69) is 20.5 Å². The summed E-state index contributed by atoms with van der Waals surface area (Å²) in [6.45, 7) is 1.42. The number of halogens is 2. The maximum Gasteiger partial charge on any atom is 0.250 e. The first kappa shape index (κ1) is 13.6. The van der Waals surface area contributed by atoms with Gasteiger partial charge < -0.3 is 9.84 Å². The van der Waals surface area contributed by atoms with Crippen LogP contribution in [-0.2, 0) is 5.54 Å². The number of hydrogen-bond acceptors (Lipinski definition) is 6. The van der Waals surface area contributed by atoms with E-state index in [1.165, 1.54) is 29.3 Å². The van der Waals surface area contributed by atoms with E-state index in [-0.39, 0.29) is 12.5 Å². The predicted molar refractivity (Wildman–Crippen MR) is 63.0 cm³/mol. The Morgan fingerprint density at radius 2 is 2.42 bits per heavy atom. The Labute approximate surface area is 113 Å². The van der Waals surface area contributed by atoms with Crippen molar-refractivity contribution in [2.45, 2.75) is 18.0 Å². The Balaban J connectivity index is 2.17. The summed E-state index contributed by atoms with van der Waals surface area (Å²) in [5.41, 5.74) is -2.49. The monoisotopic (exact) mass is 287 g/mol. The lowest BCUT2D eigenvalue weighted by Crippen LogP contribution is -2.45. The molecule has 2 atom stereocenters. The van der Waals surface area contributed by atoms with Crippen molar-refractivity contribution in [1.82, 2.24) is 25.2 Å². The zero-order valence-corrected chi connectivity index (χ0v) is 10.7. The number of aliphatic hydroxyl groups excluding tert-OH is 1. The van der Waals surface area contributed by atoms with E-state index in [0.717, 1.165) is 0 Å². The molecule has 7 nitrogen and oxygen atoms in total. The van der Waals surface area contributed by atoms with E-state index in [1.54, 1.807) is 6.92 Å². The Morgan fingerprint density at radius 1 is 1.63 bits per heavy atom. The summed E-state index contributed by atoms with van der Waals surface area (Å²) < 4.78 is 19.9. The topological polar surface area (TPSA) is 86.0 Å². The van der Waals surface area contributed by atoms with Crippen LogP contribution in [0.3, 0.4) is 0 Å². The van der Waals surface area contributed by atoms with Gasteiger partial charge in [0.05, 0.1) is 0 Å². The zero-order valence-electron chi connectivity index (χ0n) is 9.94. The van der Waals surface area contributed by atoms with Crippen LogP contribution in [0.1, 0.15) is 6.92 Å². The molecule has 2 rings (SSSR count). The molecular formula is C10H11ClFN5O2. The first-order chi connectivity index (χ1) is 9.04. The minimum atomic E-state index is -1.33. The molecular weight excluding hydrogens is 277 g/mol. The number of nitrogens with zero attached hydrogens (tertiary/aromatic N) is 5. The van der Waals surface area contributed by atoms with Crippen LogP contribution in [0.25, 0.3) is 0 Å². The third kappa shape index (κ3) is 2.79. The summed E-state index contributed by atoms with van der Waals surface area (Å²) in [6, 6.07) is 2.66. The molecule has 2 aromatic heterocycles. The summed E-state index contributed by atoms with van der Waals surface area (Å²) in [6.07, 6.45) is 2.67. The van der Waals surface area contributed by atoms with Crippen molar-refractivity contribution in [3.05, 3.63) is 30.5 Å². The summed E-state index contributed by atoms with van der Waals surface area (Å²) >= 11 is 5.73. The molecule has 1 N–H and O–H groups in total. The fourth-order valence-electron chi connectivity index (χ4n) is 1.33. The smallest absolute Gasteiger partial charge is 0.250 e. The van der Waals surface area contributed by atoms with Crippen LogP contribution >= 0.6 is 11.6 Å². The van der Waals surface area contributed by atoms with Crippen molar-refractivity contribution in [2.75, 3.05) is 6.61 Å². The highest BCUT2D eigenvalue weighted by Gasteiger charge is 2.37. The number of tetrazole rings is 1. The van der Waals surface area contributed by atoms with Gasteiger partial charge >= 0.3 is 0 Å². The highest BCUT2D eigenvalue weighted by molar-refractivity contribution is 6.20. The predicted octanol–water partition coefficient (Wildman–Crippen LogP) is 0.559. The average Bonchev–Trinajstić information content (AvgIpc) is 2.91. The third-order valence-electron chi connectivity index (χ3n) is 2.61. The lowest BCUT2D eigenvalue weighted by atomic mass is 10.1. The number of pyridine rings is 1. The van der Waals surface area contributed by atoms with E-state index in [0.29, 0.717) is 0 Å². The summed E-state index contributed by atoms with van der Waals surface area (Å²) in [5, 5.41) is 20.2. The van der Waals surface area contributed by atoms with Gasteiger partial charge in [0.25, 0.3) is 0 Å². The Bertz CT molecular complexity index is 538. The molecule has 0 spiro atoms. The van der Waals surface area contributed by atoms with Crippen molar-refractivity contribution < 1.29 is 14.2 Å². The number of hydrogen-bond donors (Lipinski definition) is 1. The molecule has 0 fully saturated rings. The molecule has 2 aromatic rings. The van der Waals surface area contributed by atoms with Gasteiger partial charge in [-0.15, -0.1) is 5.10 Å². The van der Waals surface area contributed by atoms with Gasteiger partial charge in [-0.05, 0) is 29.5 Å². The minimum Gasteiger partial charge on any atom is -0.473 e. The SMILES string of the molecule is CC(COc1ncccc1F)(C(O)Cl)n1cnnn1. The fraction of sp³-hybridized carbons (Fsp3) is 0.400. The molecule has 0 saturated heterocycles. The first-order valence-corrected chi connectivity index (χ1v) is 5.76. The first-order valence-electron chi connectivity index (χ1n) is 5.33. The quantitative estimate of drug-likeness (QED) is 0.809. The van der Waals surface area contributed by atoms with Gasteiger partial charge in [-0.3, -0.25) is 0 Å². The van der Waals surface area contributed by atoms with Crippen LogP contribution in [0, 0.1) is 5.82 Å². The van der Waals surface area contributed by atoms with Crippen molar-refractivity contribution in [3.63, 3.8) is 0 Å². The molecule has 102 valence electrons. The van der Waals surface area contributed by atoms with Crippen LogP contribution in [0.5, 0.6) is 5.88 Å². The van der Waals surface area contributed by atoms with E-state index in [9.17, 15) is 9.50 Å². The number of alkyl halides is 1. The Kier molecular flexibility index (Phi) is 3.91. The van der Waals surface area contributed by atoms with Crippen molar-refractivity contribution in [1.29, 1.82) is 0 Å². The van der Waals surface area contributed by atoms with E-state index < -0.39 is 16.9 Å². The Morgan fingerprint density at radius 3 is 3.00 bits per heavy atom. The van der Waals surface area contributed by atoms with Crippen LogP contribution in [-0.4, -0.2) is 42.5 Å². The molecule has 0 amide bonds. The van der Waals surface area contributed by atoms with E-state index >= 15 is 0 Å². The standard InChI is InChI=1S/C10H11ClFN5O2/c1-10(9(11)18,17-6-14-15-16-17)5-19-8-7(12)3-2-4-13-8/h2-4,6,9,18H,5H2,1H3. The van der Waals surface area contributed by atoms with Gasteiger partial charge in [0.2, 0.25) is 5.88 Å². The van der Waals surface area contributed by atoms with Crippen LogP contribution in [0.4, 0.5) is 4.39 Å². The molecule has 0 aliphatic rings. The molecule has 0 aliphatic heterocycles. The van der Waals surface area contributed by atoms with Gasteiger partial charge in [-0.25, -0.2) is 14.1 Å². The molecule has 0 saturated carbocycles. The second-order valence-electron chi connectivity index (χ2n) is 4.03. The fourth-order valence-corrected chi connectivity index (χ4v) is 1.49. The van der Waals surface area contributed by atoms with E-state index in [1.807, 2.05) is 0 Å². The number of ether oxygens (including phenoxy) is 1.